The highest BCUT2D eigenvalue weighted by molar-refractivity contribution is 5.27. The summed E-state index contributed by atoms with van der Waals surface area (Å²) in [6.45, 7) is 11.1. The number of nitrogens with zero attached hydrogens (tertiary/aromatic N) is 5. The van der Waals surface area contributed by atoms with E-state index in [-0.39, 0.29) is 0 Å². The van der Waals surface area contributed by atoms with Gasteiger partial charge < -0.3 is 9.30 Å². The van der Waals surface area contributed by atoms with Crippen LogP contribution < -0.4 is 4.74 Å². The van der Waals surface area contributed by atoms with Gasteiger partial charge in [-0.2, -0.15) is 0 Å². The van der Waals surface area contributed by atoms with Crippen molar-refractivity contribution in [3.63, 3.8) is 0 Å². The molecule has 0 amide bonds. The number of rotatable bonds is 7. The summed E-state index contributed by atoms with van der Waals surface area (Å²) in [5.74, 6) is 3.09. The molecule has 0 unspecified atom stereocenters. The van der Waals surface area contributed by atoms with E-state index in [1.165, 1.54) is 5.56 Å². The molecule has 136 valence electrons. The molecule has 1 aliphatic heterocycles. The standard InChI is InChI=1S/C19H29N5O/c1-4-18-20-21-19(22(18)3)15-24-10-8-23(9-11-24)12-13-25-17-7-5-6-16(2)14-17/h5-7,14H,4,8-13,15H2,1-3H3. The van der Waals surface area contributed by atoms with Gasteiger partial charge in [0.05, 0.1) is 6.54 Å². The average molecular weight is 343 g/mol. The fraction of sp³-hybridized carbons (Fsp3) is 0.579. The minimum atomic E-state index is 0.743. The highest BCUT2D eigenvalue weighted by Gasteiger charge is 2.19. The van der Waals surface area contributed by atoms with Crippen LogP contribution in [-0.2, 0) is 20.0 Å². The quantitative estimate of drug-likeness (QED) is 0.768. The Morgan fingerprint density at radius 2 is 1.76 bits per heavy atom. The summed E-state index contributed by atoms with van der Waals surface area (Å²) in [7, 11) is 2.06. The topological polar surface area (TPSA) is 46.4 Å². The van der Waals surface area contributed by atoms with Gasteiger partial charge in [-0.25, -0.2) is 0 Å². The van der Waals surface area contributed by atoms with Crippen molar-refractivity contribution in [2.24, 2.45) is 7.05 Å². The molecule has 2 heterocycles. The predicted molar refractivity (Wildman–Crippen MR) is 98.8 cm³/mol. The van der Waals surface area contributed by atoms with Crippen molar-refractivity contribution < 1.29 is 4.74 Å². The van der Waals surface area contributed by atoms with Gasteiger partial charge in [-0.1, -0.05) is 19.1 Å². The Morgan fingerprint density at radius 3 is 2.44 bits per heavy atom. The summed E-state index contributed by atoms with van der Waals surface area (Å²) in [4.78, 5) is 4.93. The summed E-state index contributed by atoms with van der Waals surface area (Å²) in [6.07, 6.45) is 0.929. The molecule has 1 aromatic carbocycles. The number of aryl methyl sites for hydroxylation is 2. The predicted octanol–water partition coefficient (Wildman–Crippen LogP) is 1.88. The van der Waals surface area contributed by atoms with Crippen LogP contribution in [0.4, 0.5) is 0 Å². The van der Waals surface area contributed by atoms with E-state index in [1.807, 2.05) is 12.1 Å². The van der Waals surface area contributed by atoms with Gasteiger partial charge in [-0.3, -0.25) is 9.80 Å². The van der Waals surface area contributed by atoms with Crippen molar-refractivity contribution in [3.8, 4) is 5.75 Å². The van der Waals surface area contributed by atoms with Gasteiger partial charge in [-0.15, -0.1) is 10.2 Å². The molecule has 0 bridgehead atoms. The van der Waals surface area contributed by atoms with E-state index in [2.05, 4.69) is 57.6 Å². The lowest BCUT2D eigenvalue weighted by Gasteiger charge is -2.34. The molecule has 0 N–H and O–H groups in total. The summed E-state index contributed by atoms with van der Waals surface area (Å²) >= 11 is 0. The average Bonchev–Trinajstić information content (AvgIpc) is 2.96. The van der Waals surface area contributed by atoms with E-state index < -0.39 is 0 Å². The van der Waals surface area contributed by atoms with E-state index in [0.717, 1.165) is 69.7 Å². The number of hydrogen-bond donors (Lipinski definition) is 0. The van der Waals surface area contributed by atoms with Crippen LogP contribution in [0.5, 0.6) is 5.75 Å². The van der Waals surface area contributed by atoms with Gasteiger partial charge in [0.15, 0.2) is 0 Å². The van der Waals surface area contributed by atoms with Crippen LogP contribution >= 0.6 is 0 Å². The molecule has 3 rings (SSSR count). The first-order valence-corrected chi connectivity index (χ1v) is 9.17. The first kappa shape index (κ1) is 17.9. The highest BCUT2D eigenvalue weighted by atomic mass is 16.5. The normalized spacial score (nSPS) is 16.3. The Kier molecular flexibility index (Phi) is 6.04. The smallest absolute Gasteiger partial charge is 0.146 e. The van der Waals surface area contributed by atoms with Gasteiger partial charge in [0.2, 0.25) is 0 Å². The van der Waals surface area contributed by atoms with Crippen molar-refractivity contribution in [2.75, 3.05) is 39.3 Å². The van der Waals surface area contributed by atoms with Crippen LogP contribution in [0.25, 0.3) is 0 Å². The Balaban J connectivity index is 1.39. The molecule has 2 aromatic rings. The maximum Gasteiger partial charge on any atom is 0.146 e. The molecular formula is C19H29N5O. The van der Waals surface area contributed by atoms with Crippen LogP contribution in [0.15, 0.2) is 24.3 Å². The third kappa shape index (κ3) is 4.80. The van der Waals surface area contributed by atoms with Gasteiger partial charge in [0.25, 0.3) is 0 Å². The Morgan fingerprint density at radius 1 is 1.04 bits per heavy atom. The van der Waals surface area contributed by atoms with E-state index in [1.54, 1.807) is 0 Å². The largest absolute Gasteiger partial charge is 0.492 e. The Labute approximate surface area is 150 Å². The van der Waals surface area contributed by atoms with Crippen molar-refractivity contribution in [3.05, 3.63) is 41.5 Å². The lowest BCUT2D eigenvalue weighted by atomic mass is 10.2. The summed E-state index contributed by atoms with van der Waals surface area (Å²) in [6, 6.07) is 8.24. The fourth-order valence-electron chi connectivity index (χ4n) is 3.21. The minimum Gasteiger partial charge on any atom is -0.492 e. The Hall–Kier alpha value is -1.92. The molecule has 0 spiro atoms. The summed E-state index contributed by atoms with van der Waals surface area (Å²) in [5.41, 5.74) is 1.24. The van der Waals surface area contributed by atoms with E-state index in [4.69, 9.17) is 4.74 Å². The maximum absolute atomic E-state index is 5.87. The number of aromatic nitrogens is 3. The number of hydrogen-bond acceptors (Lipinski definition) is 5. The zero-order valence-corrected chi connectivity index (χ0v) is 15.6. The van der Waals surface area contributed by atoms with Crippen molar-refractivity contribution >= 4 is 0 Å². The minimum absolute atomic E-state index is 0.743. The number of piperazine rings is 1. The fourth-order valence-corrected chi connectivity index (χ4v) is 3.21. The number of ether oxygens (including phenoxy) is 1. The lowest BCUT2D eigenvalue weighted by molar-refractivity contribution is 0.110. The van der Waals surface area contributed by atoms with Crippen LogP contribution in [0.3, 0.4) is 0 Å². The molecule has 1 aliphatic rings. The Bertz CT molecular complexity index is 676. The molecule has 1 saturated heterocycles. The highest BCUT2D eigenvalue weighted by Crippen LogP contribution is 2.13. The van der Waals surface area contributed by atoms with Crippen molar-refractivity contribution in [2.45, 2.75) is 26.8 Å². The third-order valence-electron chi connectivity index (χ3n) is 4.87. The molecule has 0 saturated carbocycles. The third-order valence-corrected chi connectivity index (χ3v) is 4.87. The van der Waals surface area contributed by atoms with Gasteiger partial charge >= 0.3 is 0 Å². The van der Waals surface area contributed by atoms with Crippen molar-refractivity contribution in [1.82, 2.24) is 24.6 Å². The molecule has 0 atom stereocenters. The molecule has 6 nitrogen and oxygen atoms in total. The van der Waals surface area contributed by atoms with Crippen LogP contribution in [0.2, 0.25) is 0 Å². The molecule has 1 aromatic heterocycles. The lowest BCUT2D eigenvalue weighted by Crippen LogP contribution is -2.47. The molecular weight excluding hydrogens is 314 g/mol. The maximum atomic E-state index is 5.87. The van der Waals surface area contributed by atoms with E-state index in [9.17, 15) is 0 Å². The zero-order valence-electron chi connectivity index (χ0n) is 15.6. The molecule has 0 aliphatic carbocycles. The van der Waals surface area contributed by atoms with Crippen LogP contribution in [0, 0.1) is 6.92 Å². The summed E-state index contributed by atoms with van der Waals surface area (Å²) < 4.78 is 7.99. The molecule has 25 heavy (non-hydrogen) atoms. The van der Waals surface area contributed by atoms with Gasteiger partial charge in [0, 0.05) is 46.2 Å². The second-order valence-corrected chi connectivity index (χ2v) is 6.73. The van der Waals surface area contributed by atoms with Gasteiger partial charge in [0.1, 0.15) is 24.0 Å². The molecule has 0 radical (unpaired) electrons. The first-order chi connectivity index (χ1) is 12.2. The second kappa shape index (κ2) is 8.45. The molecule has 6 heteroatoms. The van der Waals surface area contributed by atoms with Crippen LogP contribution in [-0.4, -0.2) is 63.9 Å². The molecule has 1 fully saturated rings. The summed E-state index contributed by atoms with van der Waals surface area (Å²) in [5, 5.41) is 8.58. The van der Waals surface area contributed by atoms with E-state index >= 15 is 0 Å². The SMILES string of the molecule is CCc1nnc(CN2CCN(CCOc3cccc(C)c3)CC2)n1C. The van der Waals surface area contributed by atoms with Crippen LogP contribution in [0.1, 0.15) is 24.1 Å². The first-order valence-electron chi connectivity index (χ1n) is 9.17. The van der Waals surface area contributed by atoms with Gasteiger partial charge in [-0.05, 0) is 24.6 Å². The second-order valence-electron chi connectivity index (χ2n) is 6.73. The monoisotopic (exact) mass is 343 g/mol. The number of benzene rings is 1. The van der Waals surface area contributed by atoms with E-state index in [0.29, 0.717) is 0 Å². The zero-order chi connectivity index (χ0) is 17.6. The van der Waals surface area contributed by atoms with Crippen molar-refractivity contribution in [1.29, 1.82) is 0 Å².